The molecule has 0 atom stereocenters. The molecular formula is C16H13BrClN3OS. The van der Waals surface area contributed by atoms with Gasteiger partial charge < -0.3 is 10.6 Å². The zero-order chi connectivity index (χ0) is 16.2. The molecule has 2 aromatic carbocycles. The average molecular weight is 411 g/mol. The topological polar surface area (TPSA) is 54.0 Å². The van der Waals surface area contributed by atoms with Gasteiger partial charge in [0.1, 0.15) is 5.82 Å². The van der Waals surface area contributed by atoms with Crippen molar-refractivity contribution in [1.82, 2.24) is 9.69 Å². The van der Waals surface area contributed by atoms with Gasteiger partial charge in [-0.3, -0.25) is 4.79 Å². The zero-order valence-electron chi connectivity index (χ0n) is 12.0. The predicted molar refractivity (Wildman–Crippen MR) is 99.6 cm³/mol. The molecule has 0 aliphatic rings. The van der Waals surface area contributed by atoms with E-state index < -0.39 is 0 Å². The number of amides is 1. The minimum absolute atomic E-state index is 0.193. The van der Waals surface area contributed by atoms with Crippen LogP contribution in [-0.2, 0) is 0 Å². The summed E-state index contributed by atoms with van der Waals surface area (Å²) in [5, 5.41) is 7.62. The Labute approximate surface area is 151 Å². The van der Waals surface area contributed by atoms with Crippen LogP contribution < -0.4 is 10.6 Å². The van der Waals surface area contributed by atoms with Gasteiger partial charge in [0.15, 0.2) is 0 Å². The molecule has 1 aromatic heterocycles. The molecule has 0 fully saturated rings. The molecule has 118 valence electrons. The Morgan fingerprint density at radius 2 is 2.04 bits per heavy atom. The number of nitrogens with zero attached hydrogens (tertiary/aromatic N) is 1. The lowest BCUT2D eigenvalue weighted by Gasteiger charge is -2.08. The van der Waals surface area contributed by atoms with Gasteiger partial charge in [-0.25, -0.2) is 0 Å². The number of hydrogen-bond acceptors (Lipinski definition) is 4. The van der Waals surface area contributed by atoms with Gasteiger partial charge in [0.05, 0.1) is 15.3 Å². The third-order valence-electron chi connectivity index (χ3n) is 3.25. The maximum Gasteiger partial charge on any atom is 0.252 e. The molecule has 0 aliphatic heterocycles. The van der Waals surface area contributed by atoms with E-state index in [0.29, 0.717) is 23.7 Å². The van der Waals surface area contributed by atoms with E-state index in [1.165, 1.54) is 11.5 Å². The summed E-state index contributed by atoms with van der Waals surface area (Å²) in [6.07, 6.45) is 0. The van der Waals surface area contributed by atoms with Crippen molar-refractivity contribution in [1.29, 1.82) is 0 Å². The Hall–Kier alpha value is -1.63. The molecule has 0 radical (unpaired) electrons. The first kappa shape index (κ1) is 16.2. The number of carbonyl (C=O) groups is 1. The first-order valence-corrected chi connectivity index (χ1v) is 8.91. The lowest BCUT2D eigenvalue weighted by molar-refractivity contribution is 0.0955. The van der Waals surface area contributed by atoms with E-state index in [2.05, 4.69) is 30.9 Å². The van der Waals surface area contributed by atoms with Gasteiger partial charge in [-0.15, -0.1) is 0 Å². The van der Waals surface area contributed by atoms with Crippen LogP contribution in [0.15, 0.2) is 46.9 Å². The summed E-state index contributed by atoms with van der Waals surface area (Å²) in [6, 6.07) is 13.2. The monoisotopic (exact) mass is 409 g/mol. The number of hydrogen-bond donors (Lipinski definition) is 2. The van der Waals surface area contributed by atoms with Crippen molar-refractivity contribution >= 4 is 60.9 Å². The molecule has 0 aliphatic carbocycles. The Morgan fingerprint density at radius 1 is 1.22 bits per heavy atom. The van der Waals surface area contributed by atoms with Crippen LogP contribution in [-0.4, -0.2) is 23.4 Å². The summed E-state index contributed by atoms with van der Waals surface area (Å²) in [6.45, 7) is 1.07. The molecule has 0 saturated carbocycles. The molecular weight excluding hydrogens is 398 g/mol. The predicted octanol–water partition coefficient (Wildman–Crippen LogP) is 4.55. The van der Waals surface area contributed by atoms with Crippen LogP contribution in [0.1, 0.15) is 10.4 Å². The fourth-order valence-electron chi connectivity index (χ4n) is 2.14. The Morgan fingerprint density at radius 3 is 2.91 bits per heavy atom. The van der Waals surface area contributed by atoms with Gasteiger partial charge in [0.25, 0.3) is 5.91 Å². The van der Waals surface area contributed by atoms with Crippen LogP contribution in [0.3, 0.4) is 0 Å². The largest absolute Gasteiger partial charge is 0.367 e. The van der Waals surface area contributed by atoms with Crippen molar-refractivity contribution in [2.24, 2.45) is 0 Å². The number of anilines is 1. The van der Waals surface area contributed by atoms with Crippen molar-refractivity contribution in [3.8, 4) is 0 Å². The van der Waals surface area contributed by atoms with E-state index >= 15 is 0 Å². The Bertz CT molecular complexity index is 852. The molecule has 0 spiro atoms. The number of halogens is 2. The summed E-state index contributed by atoms with van der Waals surface area (Å²) in [4.78, 5) is 12.1. The lowest BCUT2D eigenvalue weighted by Crippen LogP contribution is -2.29. The van der Waals surface area contributed by atoms with E-state index in [4.69, 9.17) is 11.6 Å². The number of aromatic nitrogens is 1. The van der Waals surface area contributed by atoms with Crippen LogP contribution in [0.2, 0.25) is 5.02 Å². The fraction of sp³-hybridized carbons (Fsp3) is 0.125. The first-order valence-electron chi connectivity index (χ1n) is 6.96. The number of rotatable bonds is 5. The fourth-order valence-corrected chi connectivity index (χ4v) is 3.46. The van der Waals surface area contributed by atoms with Crippen molar-refractivity contribution in [2.75, 3.05) is 18.4 Å². The van der Waals surface area contributed by atoms with Crippen LogP contribution >= 0.6 is 39.1 Å². The van der Waals surface area contributed by atoms with Gasteiger partial charge >= 0.3 is 0 Å². The highest BCUT2D eigenvalue weighted by molar-refractivity contribution is 9.10. The van der Waals surface area contributed by atoms with Crippen LogP contribution in [0.4, 0.5) is 5.82 Å². The lowest BCUT2D eigenvalue weighted by atomic mass is 10.2. The van der Waals surface area contributed by atoms with Gasteiger partial charge in [-0.1, -0.05) is 39.7 Å². The van der Waals surface area contributed by atoms with E-state index in [1.54, 1.807) is 18.2 Å². The number of fused-ring (bicyclic) bond motifs is 1. The quantitative estimate of drug-likeness (QED) is 0.607. The summed E-state index contributed by atoms with van der Waals surface area (Å²) in [5.74, 6) is 0.654. The van der Waals surface area contributed by atoms with Gasteiger partial charge in [-0.05, 0) is 41.9 Å². The highest BCUT2D eigenvalue weighted by atomic mass is 79.9. The maximum atomic E-state index is 12.1. The third-order valence-corrected chi connectivity index (χ3v) is 4.90. The zero-order valence-corrected chi connectivity index (χ0v) is 15.1. The molecule has 0 unspecified atom stereocenters. The van der Waals surface area contributed by atoms with E-state index in [-0.39, 0.29) is 5.91 Å². The second-order valence-electron chi connectivity index (χ2n) is 4.83. The van der Waals surface area contributed by atoms with Gasteiger partial charge in [-0.2, -0.15) is 4.37 Å². The molecule has 1 amide bonds. The minimum atomic E-state index is -0.193. The highest BCUT2D eigenvalue weighted by Gasteiger charge is 2.10. The number of benzene rings is 2. The van der Waals surface area contributed by atoms with Gasteiger partial charge in [0, 0.05) is 22.9 Å². The van der Waals surface area contributed by atoms with Crippen molar-refractivity contribution in [3.63, 3.8) is 0 Å². The van der Waals surface area contributed by atoms with Gasteiger partial charge in [0.2, 0.25) is 0 Å². The van der Waals surface area contributed by atoms with Crippen molar-refractivity contribution < 1.29 is 4.79 Å². The molecule has 1 heterocycles. The van der Waals surface area contributed by atoms with E-state index in [0.717, 1.165) is 20.4 Å². The summed E-state index contributed by atoms with van der Waals surface area (Å²) in [5.41, 5.74) is 0.458. The van der Waals surface area contributed by atoms with E-state index in [1.807, 2.05) is 24.3 Å². The summed E-state index contributed by atoms with van der Waals surface area (Å²) >= 11 is 10.8. The minimum Gasteiger partial charge on any atom is -0.367 e. The number of nitrogens with one attached hydrogen (secondary N) is 2. The smallest absolute Gasteiger partial charge is 0.252 e. The number of carbonyl (C=O) groups excluding carboxylic acids is 1. The Balaban J connectivity index is 1.55. The second-order valence-corrected chi connectivity index (χ2v) is 6.96. The molecule has 0 saturated heterocycles. The SMILES string of the molecule is O=C(NCCNc1nsc2ccccc12)c1cc(Br)ccc1Cl. The second kappa shape index (κ2) is 7.29. The van der Waals surface area contributed by atoms with E-state index in [9.17, 15) is 4.79 Å². The molecule has 4 nitrogen and oxygen atoms in total. The Kier molecular flexibility index (Phi) is 5.15. The van der Waals surface area contributed by atoms with Crippen molar-refractivity contribution in [3.05, 3.63) is 57.5 Å². The summed E-state index contributed by atoms with van der Waals surface area (Å²) < 4.78 is 6.34. The molecule has 3 aromatic rings. The standard InChI is InChI=1S/C16H13BrClN3OS/c17-10-5-6-13(18)12(9-10)16(22)20-8-7-19-15-11-3-1-2-4-14(11)23-21-15/h1-6,9H,7-8H2,(H,19,21)(H,20,22). The van der Waals surface area contributed by atoms with Crippen LogP contribution in [0.5, 0.6) is 0 Å². The molecule has 23 heavy (non-hydrogen) atoms. The highest BCUT2D eigenvalue weighted by Crippen LogP contribution is 2.25. The molecule has 7 heteroatoms. The van der Waals surface area contributed by atoms with Crippen molar-refractivity contribution in [2.45, 2.75) is 0 Å². The normalized spacial score (nSPS) is 10.7. The first-order chi connectivity index (χ1) is 11.1. The molecule has 0 bridgehead atoms. The van der Waals surface area contributed by atoms with Crippen LogP contribution in [0, 0.1) is 0 Å². The third kappa shape index (κ3) is 3.83. The maximum absolute atomic E-state index is 12.1. The molecule has 3 rings (SSSR count). The molecule has 2 N–H and O–H groups in total. The average Bonchev–Trinajstić information content (AvgIpc) is 2.97. The summed E-state index contributed by atoms with van der Waals surface area (Å²) in [7, 11) is 0. The van der Waals surface area contributed by atoms with Crippen LogP contribution in [0.25, 0.3) is 10.1 Å².